The van der Waals surface area contributed by atoms with Crippen LogP contribution in [-0.2, 0) is 10.8 Å². The first-order valence-electron chi connectivity index (χ1n) is 34.0. The zero-order valence-corrected chi connectivity index (χ0v) is 53.3. The Morgan fingerprint density at radius 1 is 0.224 bits per heavy atom. The number of hydrogen-bond donors (Lipinski definition) is 0. The van der Waals surface area contributed by atoms with Gasteiger partial charge in [0.1, 0.15) is 0 Å². The van der Waals surface area contributed by atoms with E-state index >= 15 is 0 Å². The summed E-state index contributed by atoms with van der Waals surface area (Å²) in [7, 11) is 0. The van der Waals surface area contributed by atoms with Gasteiger partial charge in [-0.05, 0) is 173 Å². The van der Waals surface area contributed by atoms with Gasteiger partial charge < -0.3 is 9.47 Å². The predicted molar refractivity (Wildman–Crippen MR) is 403 cm³/mol. The zero-order chi connectivity index (χ0) is 64.2. The second kappa shape index (κ2) is 20.9. The lowest BCUT2D eigenvalue weighted by Gasteiger charge is -2.31. The SMILES string of the molecule is c1ccc(-c2nc3c(-c4ccc5c(c4)C4(c6ccccc6-c6ccccc64)c4ccccc4-5)ccc(-c4ccc5c(c4)C4(c6ccccc6-c6ccccc64)c4ccccc4-5)c3nc2-c2ccc(N(c3ccccc3)c3ccc4c(c3)c3ccccc3n4-c3ccccc3)cc2)cc1. The molecule has 0 saturated carbocycles. The summed E-state index contributed by atoms with van der Waals surface area (Å²) in [5, 5.41) is 2.39. The summed E-state index contributed by atoms with van der Waals surface area (Å²) in [5.74, 6) is 0. The molecule has 4 nitrogen and oxygen atoms in total. The van der Waals surface area contributed by atoms with Gasteiger partial charge in [-0.1, -0.05) is 279 Å². The van der Waals surface area contributed by atoms with E-state index in [2.05, 4.69) is 361 Å². The molecule has 0 radical (unpaired) electrons. The highest BCUT2D eigenvalue weighted by Crippen LogP contribution is 2.65. The summed E-state index contributed by atoms with van der Waals surface area (Å²) in [5.41, 5.74) is 35.7. The third-order valence-corrected chi connectivity index (χ3v) is 21.8. The number of benzene rings is 15. The Balaban J connectivity index is 0.790. The van der Waals surface area contributed by atoms with Crippen molar-refractivity contribution < 1.29 is 0 Å². The number of hydrogen-bond acceptors (Lipinski definition) is 3. The highest BCUT2D eigenvalue weighted by molar-refractivity contribution is 6.11. The minimum atomic E-state index is -0.528. The van der Waals surface area contributed by atoms with E-state index in [0.29, 0.717) is 0 Å². The molecule has 2 heterocycles. The quantitative estimate of drug-likeness (QED) is 0.152. The number of para-hydroxylation sites is 3. The smallest absolute Gasteiger partial charge is 0.0979 e. The first kappa shape index (κ1) is 54.6. The first-order valence-corrected chi connectivity index (χ1v) is 34.0. The molecule has 0 unspecified atom stereocenters. The maximum Gasteiger partial charge on any atom is 0.0979 e. The largest absolute Gasteiger partial charge is 0.310 e. The van der Waals surface area contributed by atoms with Gasteiger partial charge in [-0.3, -0.25) is 0 Å². The van der Waals surface area contributed by atoms with Crippen molar-refractivity contribution in [1.82, 2.24) is 14.5 Å². The molecule has 4 aliphatic rings. The van der Waals surface area contributed by atoms with E-state index in [0.717, 1.165) is 84.1 Å². The van der Waals surface area contributed by atoms with E-state index in [4.69, 9.17) is 9.97 Å². The van der Waals surface area contributed by atoms with Crippen LogP contribution in [0.2, 0.25) is 0 Å². The summed E-state index contributed by atoms with van der Waals surface area (Å²) in [4.78, 5) is 14.6. The van der Waals surface area contributed by atoms with Gasteiger partial charge >= 0.3 is 0 Å². The Morgan fingerprint density at radius 2 is 0.561 bits per heavy atom. The van der Waals surface area contributed by atoms with Crippen LogP contribution in [0.15, 0.2) is 352 Å². The Kier molecular flexibility index (Phi) is 11.6. The number of fused-ring (bicyclic) bond motifs is 24. The first-order chi connectivity index (χ1) is 48.6. The van der Waals surface area contributed by atoms with Crippen LogP contribution in [0.25, 0.3) is 128 Å². The molecule has 4 aliphatic carbocycles. The molecular formula is C94H58N4. The molecule has 0 atom stereocenters. The van der Waals surface area contributed by atoms with Gasteiger partial charge in [0.15, 0.2) is 0 Å². The summed E-state index contributed by atoms with van der Waals surface area (Å²) in [6.07, 6.45) is 0. The van der Waals surface area contributed by atoms with E-state index in [1.54, 1.807) is 0 Å². The van der Waals surface area contributed by atoms with Crippen molar-refractivity contribution in [3.63, 3.8) is 0 Å². The van der Waals surface area contributed by atoms with Crippen LogP contribution < -0.4 is 4.90 Å². The van der Waals surface area contributed by atoms with Crippen molar-refractivity contribution in [3.8, 4) is 95.0 Å². The fraction of sp³-hybridized carbons (Fsp3) is 0.0213. The van der Waals surface area contributed by atoms with Gasteiger partial charge in [-0.2, -0.15) is 0 Å². The molecule has 0 bridgehead atoms. The highest BCUT2D eigenvalue weighted by atomic mass is 15.1. The van der Waals surface area contributed by atoms with E-state index in [1.165, 1.54) is 105 Å². The van der Waals surface area contributed by atoms with Crippen LogP contribution in [0.4, 0.5) is 17.1 Å². The topological polar surface area (TPSA) is 34.0 Å². The van der Waals surface area contributed by atoms with Crippen LogP contribution in [0.1, 0.15) is 44.5 Å². The fourth-order valence-corrected chi connectivity index (χ4v) is 17.9. The van der Waals surface area contributed by atoms with E-state index in [-0.39, 0.29) is 0 Å². The molecule has 454 valence electrons. The number of rotatable bonds is 8. The standard InChI is InChI=1S/C94H58N4/c1-4-24-59(25-5-1)89-90(60-44-48-65(49-45-60)97(63-26-6-2-7-27-63)66-50-55-88-78(58-66)77-36-16-23-43-87(77)98(88)64-28-8-3-9-29-64)96-92-68(62-47-52-76-74-35-15-22-42-84(74)94(86(76)57-62)81-39-19-12-32-71(81)72-33-13-20-40-82(72)94)54-53-67(91(92)95-89)61-46-51-75-73-34-14-21-41-83(73)93(85(75)56-61)79-37-17-10-30-69(79)70-31-11-18-38-80(70)93/h1-58H. The molecule has 0 amide bonds. The second-order valence-electron chi connectivity index (χ2n) is 26.5. The average molecular weight is 1240 g/mol. The maximum atomic E-state index is 6.12. The summed E-state index contributed by atoms with van der Waals surface area (Å²) in [6.45, 7) is 0. The molecule has 4 heteroatoms. The minimum absolute atomic E-state index is 0.522. The van der Waals surface area contributed by atoms with Crippen LogP contribution >= 0.6 is 0 Å². The Morgan fingerprint density at radius 3 is 1.03 bits per heavy atom. The van der Waals surface area contributed by atoms with Crippen molar-refractivity contribution in [2.75, 3.05) is 4.90 Å². The van der Waals surface area contributed by atoms with Crippen LogP contribution in [0.3, 0.4) is 0 Å². The minimum Gasteiger partial charge on any atom is -0.310 e. The maximum absolute atomic E-state index is 6.12. The Labute approximate surface area is 568 Å². The molecule has 15 aromatic carbocycles. The van der Waals surface area contributed by atoms with Crippen molar-refractivity contribution in [2.45, 2.75) is 10.8 Å². The molecule has 0 N–H and O–H groups in total. The number of nitrogens with zero attached hydrogens (tertiary/aromatic N) is 4. The lowest BCUT2D eigenvalue weighted by Crippen LogP contribution is -2.25. The van der Waals surface area contributed by atoms with Crippen LogP contribution in [0, 0.1) is 0 Å². The number of aromatic nitrogens is 3. The molecule has 0 aliphatic heterocycles. The Bertz CT molecular complexity index is 6060. The molecule has 17 aromatic rings. The van der Waals surface area contributed by atoms with Gasteiger partial charge in [-0.25, -0.2) is 9.97 Å². The molecule has 98 heavy (non-hydrogen) atoms. The molecular weight excluding hydrogens is 1190 g/mol. The van der Waals surface area contributed by atoms with Gasteiger partial charge in [0.05, 0.1) is 44.3 Å². The zero-order valence-electron chi connectivity index (χ0n) is 53.3. The molecule has 0 saturated heterocycles. The number of anilines is 3. The monoisotopic (exact) mass is 1240 g/mol. The van der Waals surface area contributed by atoms with E-state index < -0.39 is 10.8 Å². The van der Waals surface area contributed by atoms with Crippen LogP contribution in [0.5, 0.6) is 0 Å². The third-order valence-electron chi connectivity index (χ3n) is 21.8. The lowest BCUT2D eigenvalue weighted by atomic mass is 9.70. The summed E-state index contributed by atoms with van der Waals surface area (Å²) in [6, 6.07) is 130. The highest BCUT2D eigenvalue weighted by Gasteiger charge is 2.53. The molecule has 21 rings (SSSR count). The second-order valence-corrected chi connectivity index (χ2v) is 26.5. The molecule has 2 aromatic heterocycles. The molecule has 2 spiro atoms. The summed E-state index contributed by atoms with van der Waals surface area (Å²) < 4.78 is 2.38. The lowest BCUT2D eigenvalue weighted by molar-refractivity contribution is 0.794. The third kappa shape index (κ3) is 7.49. The van der Waals surface area contributed by atoms with E-state index in [1.807, 2.05) is 0 Å². The molecule has 0 fully saturated rings. The van der Waals surface area contributed by atoms with Crippen LogP contribution in [-0.4, -0.2) is 14.5 Å². The van der Waals surface area contributed by atoms with Crippen molar-refractivity contribution in [1.29, 1.82) is 0 Å². The van der Waals surface area contributed by atoms with Crippen molar-refractivity contribution >= 4 is 49.9 Å². The normalized spacial score (nSPS) is 13.5. The van der Waals surface area contributed by atoms with Gasteiger partial charge in [0.25, 0.3) is 0 Å². The van der Waals surface area contributed by atoms with Gasteiger partial charge in [-0.15, -0.1) is 0 Å². The van der Waals surface area contributed by atoms with E-state index in [9.17, 15) is 0 Å². The predicted octanol–water partition coefficient (Wildman–Crippen LogP) is 23.6. The average Bonchev–Trinajstić information content (AvgIpc) is 1.51. The van der Waals surface area contributed by atoms with Crippen molar-refractivity contribution in [3.05, 3.63) is 396 Å². The van der Waals surface area contributed by atoms with Gasteiger partial charge in [0, 0.05) is 55.8 Å². The van der Waals surface area contributed by atoms with Crippen molar-refractivity contribution in [2.24, 2.45) is 0 Å². The summed E-state index contributed by atoms with van der Waals surface area (Å²) >= 11 is 0. The Hall–Kier alpha value is -12.8. The van der Waals surface area contributed by atoms with Gasteiger partial charge in [0.2, 0.25) is 0 Å². The fourth-order valence-electron chi connectivity index (χ4n) is 17.9.